The second-order valence-electron chi connectivity index (χ2n) is 5.57. The fourth-order valence-electron chi connectivity index (χ4n) is 2.49. The number of benzene rings is 2. The molecule has 0 atom stereocenters. The molecule has 0 N–H and O–H groups in total. The second-order valence-corrected chi connectivity index (χ2v) is 6.61. The first kappa shape index (κ1) is 14.7. The Hall–Kier alpha value is -2.86. The van der Waals surface area contributed by atoms with Crippen LogP contribution >= 0.6 is 11.3 Å². The van der Waals surface area contributed by atoms with Crippen molar-refractivity contribution in [1.29, 1.82) is 0 Å². The molecule has 0 saturated heterocycles. The maximum absolute atomic E-state index is 12.7. The van der Waals surface area contributed by atoms with E-state index in [1.54, 1.807) is 0 Å². The first-order valence-corrected chi connectivity index (χ1v) is 8.39. The minimum absolute atomic E-state index is 0.237. The van der Waals surface area contributed by atoms with Crippen molar-refractivity contribution in [3.63, 3.8) is 0 Å². The minimum Gasteiger partial charge on any atom is -0.265 e. The molecule has 0 aliphatic carbocycles. The number of aryl methyl sites for hydroxylation is 1. The highest BCUT2D eigenvalue weighted by molar-refractivity contribution is 7.16. The van der Waals surface area contributed by atoms with Gasteiger partial charge in [-0.3, -0.25) is 4.79 Å². The van der Waals surface area contributed by atoms with Crippen molar-refractivity contribution in [2.75, 3.05) is 0 Å². The van der Waals surface area contributed by atoms with Gasteiger partial charge in [-0.1, -0.05) is 71.5 Å². The number of fused-ring (bicyclic) bond motifs is 1. The molecule has 0 amide bonds. The maximum Gasteiger partial charge on any atom is 0.302 e. The first-order chi connectivity index (χ1) is 11.7. The molecule has 24 heavy (non-hydrogen) atoms. The summed E-state index contributed by atoms with van der Waals surface area (Å²) in [4.78, 5) is 13.2. The molecule has 5 nitrogen and oxygen atoms in total. The molecular weight excluding hydrogens is 320 g/mol. The normalized spacial score (nSPS) is 11.0. The number of aromatic nitrogens is 4. The average molecular weight is 334 g/mol. The standard InChI is InChI=1S/C18H14N4OS/c1-12-7-9-14(10-8-12)16-17(23)22-18(20-19-16)24-15(21-22)11-13-5-3-2-4-6-13/h2-10H,11H2,1H3. The van der Waals surface area contributed by atoms with Gasteiger partial charge < -0.3 is 0 Å². The lowest BCUT2D eigenvalue weighted by Crippen LogP contribution is -2.19. The van der Waals surface area contributed by atoms with E-state index in [4.69, 9.17) is 0 Å². The number of rotatable bonds is 3. The van der Waals surface area contributed by atoms with Crippen LogP contribution in [0.2, 0.25) is 0 Å². The van der Waals surface area contributed by atoms with E-state index in [0.717, 1.165) is 21.7 Å². The summed E-state index contributed by atoms with van der Waals surface area (Å²) in [5.74, 6) is 0. The molecule has 0 spiro atoms. The SMILES string of the molecule is Cc1ccc(-c2nnc3sc(Cc4ccccc4)nn3c2=O)cc1. The van der Waals surface area contributed by atoms with Crippen molar-refractivity contribution >= 4 is 16.3 Å². The van der Waals surface area contributed by atoms with E-state index in [2.05, 4.69) is 15.3 Å². The molecule has 0 saturated carbocycles. The molecular formula is C18H14N4OS. The van der Waals surface area contributed by atoms with Gasteiger partial charge in [-0.15, -0.1) is 10.2 Å². The fraction of sp³-hybridized carbons (Fsp3) is 0.111. The number of hydrogen-bond acceptors (Lipinski definition) is 5. The monoisotopic (exact) mass is 334 g/mol. The summed E-state index contributed by atoms with van der Waals surface area (Å²) in [6, 6.07) is 17.7. The lowest BCUT2D eigenvalue weighted by atomic mass is 10.1. The van der Waals surface area contributed by atoms with Gasteiger partial charge in [-0.2, -0.15) is 9.61 Å². The fourth-order valence-corrected chi connectivity index (χ4v) is 3.35. The lowest BCUT2D eigenvalue weighted by Gasteiger charge is -1.99. The number of nitrogens with zero attached hydrogens (tertiary/aromatic N) is 4. The van der Waals surface area contributed by atoms with E-state index < -0.39 is 0 Å². The second kappa shape index (κ2) is 5.98. The molecule has 0 aliphatic rings. The highest BCUT2D eigenvalue weighted by Crippen LogP contribution is 2.17. The summed E-state index contributed by atoms with van der Waals surface area (Å²) in [7, 11) is 0. The Labute approximate surface area is 142 Å². The third-order valence-electron chi connectivity index (χ3n) is 3.76. The van der Waals surface area contributed by atoms with E-state index in [1.165, 1.54) is 15.9 Å². The van der Waals surface area contributed by atoms with E-state index >= 15 is 0 Å². The zero-order valence-corrected chi connectivity index (χ0v) is 13.8. The molecule has 0 bridgehead atoms. The van der Waals surface area contributed by atoms with Gasteiger partial charge in [0, 0.05) is 12.0 Å². The van der Waals surface area contributed by atoms with Crippen LogP contribution in [0.5, 0.6) is 0 Å². The predicted octanol–water partition coefficient (Wildman–Crippen LogP) is 3.11. The topological polar surface area (TPSA) is 60.1 Å². The molecule has 4 rings (SSSR count). The zero-order chi connectivity index (χ0) is 16.5. The summed E-state index contributed by atoms with van der Waals surface area (Å²) in [5, 5.41) is 13.6. The van der Waals surface area contributed by atoms with E-state index in [0.29, 0.717) is 17.1 Å². The van der Waals surface area contributed by atoms with Gasteiger partial charge in [0.15, 0.2) is 5.69 Å². The van der Waals surface area contributed by atoms with Crippen molar-refractivity contribution in [3.8, 4) is 11.3 Å². The highest BCUT2D eigenvalue weighted by Gasteiger charge is 2.13. The van der Waals surface area contributed by atoms with Gasteiger partial charge in [0.05, 0.1) is 0 Å². The van der Waals surface area contributed by atoms with Crippen LogP contribution in [-0.4, -0.2) is 19.8 Å². The summed E-state index contributed by atoms with van der Waals surface area (Å²) < 4.78 is 1.35. The van der Waals surface area contributed by atoms with Crippen LogP contribution < -0.4 is 5.56 Å². The van der Waals surface area contributed by atoms with Gasteiger partial charge in [-0.25, -0.2) is 0 Å². The van der Waals surface area contributed by atoms with Gasteiger partial charge in [-0.05, 0) is 12.5 Å². The Morgan fingerprint density at radius 2 is 1.75 bits per heavy atom. The minimum atomic E-state index is -0.237. The van der Waals surface area contributed by atoms with Crippen LogP contribution in [0.1, 0.15) is 16.1 Å². The number of hydrogen-bond donors (Lipinski definition) is 0. The van der Waals surface area contributed by atoms with Crippen molar-refractivity contribution in [2.24, 2.45) is 0 Å². The molecule has 6 heteroatoms. The quantitative estimate of drug-likeness (QED) is 0.577. The van der Waals surface area contributed by atoms with E-state index in [9.17, 15) is 4.79 Å². The van der Waals surface area contributed by atoms with E-state index in [1.807, 2.05) is 61.5 Å². The van der Waals surface area contributed by atoms with Crippen LogP contribution in [0, 0.1) is 6.92 Å². The van der Waals surface area contributed by atoms with Crippen LogP contribution in [0.4, 0.5) is 0 Å². The Morgan fingerprint density at radius 1 is 1.00 bits per heavy atom. The van der Waals surface area contributed by atoms with Crippen LogP contribution in [0.15, 0.2) is 59.4 Å². The summed E-state index contributed by atoms with van der Waals surface area (Å²) >= 11 is 1.39. The summed E-state index contributed by atoms with van der Waals surface area (Å²) in [6.45, 7) is 2.00. The smallest absolute Gasteiger partial charge is 0.265 e. The predicted molar refractivity (Wildman–Crippen MR) is 94.4 cm³/mol. The Balaban J connectivity index is 1.76. The zero-order valence-electron chi connectivity index (χ0n) is 13.0. The third-order valence-corrected chi connectivity index (χ3v) is 4.65. The van der Waals surface area contributed by atoms with Crippen molar-refractivity contribution in [3.05, 3.63) is 81.1 Å². The molecule has 0 radical (unpaired) electrons. The largest absolute Gasteiger partial charge is 0.302 e. The molecule has 0 fully saturated rings. The first-order valence-electron chi connectivity index (χ1n) is 7.57. The molecule has 0 aliphatic heterocycles. The third kappa shape index (κ3) is 2.72. The average Bonchev–Trinajstić information content (AvgIpc) is 3.01. The van der Waals surface area contributed by atoms with Crippen LogP contribution in [-0.2, 0) is 6.42 Å². The maximum atomic E-state index is 12.7. The Bertz CT molecular complexity index is 1050. The molecule has 2 aromatic carbocycles. The lowest BCUT2D eigenvalue weighted by molar-refractivity contribution is 0.836. The van der Waals surface area contributed by atoms with Crippen molar-refractivity contribution in [1.82, 2.24) is 19.8 Å². The van der Waals surface area contributed by atoms with Gasteiger partial charge in [0.1, 0.15) is 5.01 Å². The molecule has 2 aromatic heterocycles. The van der Waals surface area contributed by atoms with Gasteiger partial charge in [0.2, 0.25) is 4.96 Å². The van der Waals surface area contributed by atoms with Gasteiger partial charge in [0.25, 0.3) is 0 Å². The Kier molecular flexibility index (Phi) is 3.66. The molecule has 118 valence electrons. The molecule has 2 heterocycles. The van der Waals surface area contributed by atoms with Crippen LogP contribution in [0.25, 0.3) is 16.2 Å². The molecule has 4 aromatic rings. The Morgan fingerprint density at radius 3 is 2.50 bits per heavy atom. The summed E-state index contributed by atoms with van der Waals surface area (Å²) in [6.07, 6.45) is 0.675. The van der Waals surface area contributed by atoms with Crippen LogP contribution in [0.3, 0.4) is 0 Å². The van der Waals surface area contributed by atoms with Crippen molar-refractivity contribution in [2.45, 2.75) is 13.3 Å². The molecule has 0 unspecified atom stereocenters. The van der Waals surface area contributed by atoms with Gasteiger partial charge >= 0.3 is 5.56 Å². The van der Waals surface area contributed by atoms with E-state index in [-0.39, 0.29) is 5.56 Å². The summed E-state index contributed by atoms with van der Waals surface area (Å²) in [5.41, 5.74) is 3.12. The highest BCUT2D eigenvalue weighted by atomic mass is 32.1. The van der Waals surface area contributed by atoms with Crippen molar-refractivity contribution < 1.29 is 0 Å².